The van der Waals surface area contributed by atoms with E-state index in [1.54, 1.807) is 0 Å². The molecule has 2 fully saturated rings. The third-order valence-corrected chi connectivity index (χ3v) is 6.28. The predicted molar refractivity (Wildman–Crippen MR) is 121 cm³/mol. The van der Waals surface area contributed by atoms with E-state index in [2.05, 4.69) is 4.90 Å². The molecule has 6 heteroatoms. The highest BCUT2D eigenvalue weighted by Gasteiger charge is 2.42. The number of rotatable bonds is 4. The number of benzene rings is 2. The average Bonchev–Trinajstić information content (AvgIpc) is 3.10. The van der Waals surface area contributed by atoms with Gasteiger partial charge in [0.15, 0.2) is 0 Å². The van der Waals surface area contributed by atoms with Crippen molar-refractivity contribution in [3.05, 3.63) is 65.9 Å². The van der Waals surface area contributed by atoms with Crippen molar-refractivity contribution in [3.63, 3.8) is 0 Å². The third kappa shape index (κ3) is 3.72. The highest BCUT2D eigenvalue weighted by atomic mass is 16.5. The Morgan fingerprint density at radius 2 is 1.29 bits per heavy atom. The Morgan fingerprint density at radius 3 is 1.97 bits per heavy atom. The van der Waals surface area contributed by atoms with Crippen LogP contribution in [0.15, 0.2) is 60.3 Å². The van der Waals surface area contributed by atoms with Crippen molar-refractivity contribution < 1.29 is 14.3 Å². The van der Waals surface area contributed by atoms with Gasteiger partial charge < -0.3 is 14.5 Å². The van der Waals surface area contributed by atoms with E-state index in [1.165, 1.54) is 24.2 Å². The van der Waals surface area contributed by atoms with Crippen molar-refractivity contribution >= 4 is 28.8 Å². The highest BCUT2D eigenvalue weighted by molar-refractivity contribution is 6.45. The zero-order valence-electron chi connectivity index (χ0n) is 17.6. The molecule has 0 aliphatic carbocycles. The van der Waals surface area contributed by atoms with Gasteiger partial charge >= 0.3 is 0 Å². The molecule has 0 saturated carbocycles. The lowest BCUT2D eigenvalue weighted by molar-refractivity contribution is -0.121. The summed E-state index contributed by atoms with van der Waals surface area (Å²) < 4.78 is 5.47. The van der Waals surface area contributed by atoms with Crippen molar-refractivity contribution in [2.24, 2.45) is 0 Å². The van der Waals surface area contributed by atoms with Gasteiger partial charge in [0.05, 0.1) is 24.5 Å². The van der Waals surface area contributed by atoms with Crippen LogP contribution in [0.25, 0.3) is 5.57 Å². The third-order valence-electron chi connectivity index (χ3n) is 6.28. The molecule has 160 valence electrons. The van der Waals surface area contributed by atoms with Crippen LogP contribution in [0.5, 0.6) is 0 Å². The standard InChI is InChI=1S/C25H27N3O3/c29-24-22(19-7-3-1-4-8-19)23(27-15-17-31-18-16-27)25(30)28(24)21-11-9-20(10-12-21)26-13-5-2-6-14-26/h1,3-4,7-12H,2,5-6,13-18H2. The second kappa shape index (κ2) is 8.55. The largest absolute Gasteiger partial charge is 0.378 e. The Kier molecular flexibility index (Phi) is 5.47. The summed E-state index contributed by atoms with van der Waals surface area (Å²) in [4.78, 5) is 32.8. The molecule has 31 heavy (non-hydrogen) atoms. The molecule has 2 saturated heterocycles. The summed E-state index contributed by atoms with van der Waals surface area (Å²) in [5, 5.41) is 0. The van der Waals surface area contributed by atoms with Crippen LogP contribution in [0, 0.1) is 0 Å². The lowest BCUT2D eigenvalue weighted by Crippen LogP contribution is -2.40. The molecule has 3 aliphatic rings. The number of anilines is 2. The number of carbonyl (C=O) groups is 2. The Morgan fingerprint density at radius 1 is 0.645 bits per heavy atom. The number of hydrogen-bond donors (Lipinski definition) is 0. The zero-order chi connectivity index (χ0) is 21.2. The van der Waals surface area contributed by atoms with Crippen LogP contribution in [-0.4, -0.2) is 56.1 Å². The molecule has 6 nitrogen and oxygen atoms in total. The normalized spacial score (nSPS) is 20.1. The van der Waals surface area contributed by atoms with Gasteiger partial charge in [-0.2, -0.15) is 0 Å². The van der Waals surface area contributed by atoms with Gasteiger partial charge in [-0.3, -0.25) is 9.59 Å². The number of piperidine rings is 1. The lowest BCUT2D eigenvalue weighted by Gasteiger charge is -2.30. The number of amides is 2. The SMILES string of the molecule is O=C1C(c2ccccc2)=C(N2CCOCC2)C(=O)N1c1ccc(N2CCCCC2)cc1. The van der Waals surface area contributed by atoms with Crippen LogP contribution < -0.4 is 9.80 Å². The Bertz CT molecular complexity index is 988. The molecule has 0 radical (unpaired) electrons. The molecule has 2 aromatic carbocycles. The maximum atomic E-state index is 13.5. The van der Waals surface area contributed by atoms with E-state index in [1.807, 2.05) is 59.5 Å². The van der Waals surface area contributed by atoms with E-state index in [-0.39, 0.29) is 11.8 Å². The fourth-order valence-corrected chi connectivity index (χ4v) is 4.66. The highest BCUT2D eigenvalue weighted by Crippen LogP contribution is 2.35. The Labute approximate surface area is 182 Å². The van der Waals surface area contributed by atoms with Crippen molar-refractivity contribution in [2.75, 3.05) is 49.2 Å². The molecule has 0 spiro atoms. The van der Waals surface area contributed by atoms with Gasteiger partial charge in [-0.1, -0.05) is 30.3 Å². The summed E-state index contributed by atoms with van der Waals surface area (Å²) in [5.74, 6) is -0.514. The average molecular weight is 418 g/mol. The maximum absolute atomic E-state index is 13.5. The van der Waals surface area contributed by atoms with Crippen LogP contribution in [0.4, 0.5) is 11.4 Å². The van der Waals surface area contributed by atoms with Crippen LogP contribution in [0.2, 0.25) is 0 Å². The summed E-state index contributed by atoms with van der Waals surface area (Å²) in [6, 6.07) is 17.3. The van der Waals surface area contributed by atoms with Crippen molar-refractivity contribution in [1.29, 1.82) is 0 Å². The topological polar surface area (TPSA) is 53.1 Å². The van der Waals surface area contributed by atoms with Gasteiger partial charge in [-0.05, 0) is 49.1 Å². The molecule has 5 rings (SSSR count). The molecule has 0 atom stereocenters. The number of ether oxygens (including phenoxy) is 1. The van der Waals surface area contributed by atoms with E-state index < -0.39 is 0 Å². The van der Waals surface area contributed by atoms with E-state index in [9.17, 15) is 9.59 Å². The minimum atomic E-state index is -0.261. The Balaban J connectivity index is 1.48. The van der Waals surface area contributed by atoms with E-state index in [0.29, 0.717) is 43.3 Å². The molecule has 0 N–H and O–H groups in total. The summed E-state index contributed by atoms with van der Waals surface area (Å²) >= 11 is 0. The first-order valence-corrected chi connectivity index (χ1v) is 11.1. The van der Waals surface area contributed by atoms with Gasteiger partial charge in [-0.15, -0.1) is 0 Å². The van der Waals surface area contributed by atoms with Crippen LogP contribution in [0.1, 0.15) is 24.8 Å². The minimum absolute atomic E-state index is 0.253. The van der Waals surface area contributed by atoms with Crippen LogP contribution >= 0.6 is 0 Å². The second-order valence-electron chi connectivity index (χ2n) is 8.20. The zero-order valence-corrected chi connectivity index (χ0v) is 17.6. The molecule has 2 aromatic rings. The minimum Gasteiger partial charge on any atom is -0.378 e. The van der Waals surface area contributed by atoms with Crippen LogP contribution in [0.3, 0.4) is 0 Å². The summed E-state index contributed by atoms with van der Waals surface area (Å²) in [6.07, 6.45) is 3.69. The fourth-order valence-electron chi connectivity index (χ4n) is 4.66. The molecule has 3 heterocycles. The molecule has 2 amide bonds. The van der Waals surface area contributed by atoms with Crippen molar-refractivity contribution in [3.8, 4) is 0 Å². The van der Waals surface area contributed by atoms with Crippen LogP contribution in [-0.2, 0) is 14.3 Å². The number of imide groups is 1. The first kappa shape index (κ1) is 19.8. The van der Waals surface area contributed by atoms with E-state index >= 15 is 0 Å². The Hall–Kier alpha value is -3.12. The quantitative estimate of drug-likeness (QED) is 0.715. The molecule has 0 bridgehead atoms. The number of hydrogen-bond acceptors (Lipinski definition) is 5. The van der Waals surface area contributed by atoms with Crippen molar-refractivity contribution in [2.45, 2.75) is 19.3 Å². The van der Waals surface area contributed by atoms with Gasteiger partial charge in [0, 0.05) is 31.9 Å². The van der Waals surface area contributed by atoms with E-state index in [4.69, 9.17) is 4.74 Å². The summed E-state index contributed by atoms with van der Waals surface area (Å²) in [6.45, 7) is 4.43. The smallest absolute Gasteiger partial charge is 0.282 e. The van der Waals surface area contributed by atoms with Gasteiger partial charge in [0.25, 0.3) is 11.8 Å². The van der Waals surface area contributed by atoms with Gasteiger partial charge in [-0.25, -0.2) is 4.90 Å². The summed E-state index contributed by atoms with van der Waals surface area (Å²) in [7, 11) is 0. The summed E-state index contributed by atoms with van der Waals surface area (Å²) in [5.41, 5.74) is 3.50. The molecular weight excluding hydrogens is 390 g/mol. The second-order valence-corrected chi connectivity index (χ2v) is 8.20. The monoisotopic (exact) mass is 417 g/mol. The maximum Gasteiger partial charge on any atom is 0.282 e. The molecule has 0 unspecified atom stereocenters. The lowest BCUT2D eigenvalue weighted by atomic mass is 10.0. The van der Waals surface area contributed by atoms with E-state index in [0.717, 1.165) is 24.3 Å². The van der Waals surface area contributed by atoms with Gasteiger partial charge in [0.2, 0.25) is 0 Å². The molecule has 3 aliphatic heterocycles. The molecular formula is C25H27N3O3. The molecule has 0 aromatic heterocycles. The fraction of sp³-hybridized carbons (Fsp3) is 0.360. The number of nitrogens with zero attached hydrogens (tertiary/aromatic N) is 3. The number of morpholine rings is 1. The van der Waals surface area contributed by atoms with Gasteiger partial charge in [0.1, 0.15) is 5.70 Å². The van der Waals surface area contributed by atoms with Crippen molar-refractivity contribution in [1.82, 2.24) is 4.90 Å². The first-order chi connectivity index (χ1) is 15.2. The number of carbonyl (C=O) groups excluding carboxylic acids is 2. The first-order valence-electron chi connectivity index (χ1n) is 11.1. The predicted octanol–water partition coefficient (Wildman–Crippen LogP) is 3.29.